The molecular weight excluding hydrogens is 314 g/mol. The highest BCUT2D eigenvalue weighted by molar-refractivity contribution is 9.10. The quantitative estimate of drug-likeness (QED) is 0.900. The van der Waals surface area contributed by atoms with E-state index in [0.717, 1.165) is 21.2 Å². The van der Waals surface area contributed by atoms with Gasteiger partial charge < -0.3 is 20.0 Å². The number of ether oxygens (including phenoxy) is 1. The summed E-state index contributed by atoms with van der Waals surface area (Å²) < 4.78 is 11.6. The van der Waals surface area contributed by atoms with Gasteiger partial charge in [0.05, 0.1) is 7.11 Å². The van der Waals surface area contributed by atoms with Crippen molar-refractivity contribution in [1.29, 1.82) is 0 Å². The number of carboxylic acid groups (broad SMARTS) is 1. The second-order valence-corrected chi connectivity index (χ2v) is 5.09. The number of carbonyl (C=O) groups is 1. The summed E-state index contributed by atoms with van der Waals surface area (Å²) in [5.74, 6) is 0.293. The maximum absolute atomic E-state index is 10.8. The van der Waals surface area contributed by atoms with Gasteiger partial charge in [-0.3, -0.25) is 4.79 Å². The van der Waals surface area contributed by atoms with Crippen LogP contribution in [0.5, 0.6) is 5.75 Å². The van der Waals surface area contributed by atoms with Gasteiger partial charge in [0, 0.05) is 9.86 Å². The highest BCUT2D eigenvalue weighted by Crippen LogP contribution is 2.37. The van der Waals surface area contributed by atoms with Crippen molar-refractivity contribution in [3.05, 3.63) is 27.9 Å². The van der Waals surface area contributed by atoms with Gasteiger partial charge in [0.15, 0.2) is 11.3 Å². The molecule has 2 aromatic rings. The molecule has 1 aromatic carbocycles. The fourth-order valence-electron chi connectivity index (χ4n) is 1.94. The lowest BCUT2D eigenvalue weighted by molar-refractivity contribution is -0.138. The molecule has 0 aliphatic heterocycles. The molecule has 0 radical (unpaired) electrons. The molecular formula is C13H14BrNO4. The first kappa shape index (κ1) is 13.9. The Kier molecular flexibility index (Phi) is 3.82. The zero-order valence-electron chi connectivity index (χ0n) is 10.6. The van der Waals surface area contributed by atoms with Crippen LogP contribution in [-0.2, 0) is 11.2 Å². The first-order chi connectivity index (χ1) is 8.93. The lowest BCUT2D eigenvalue weighted by atomic mass is 10.0. The van der Waals surface area contributed by atoms with Crippen LogP contribution < -0.4 is 10.5 Å². The lowest BCUT2D eigenvalue weighted by Gasteiger charge is -2.11. The monoisotopic (exact) mass is 327 g/mol. The van der Waals surface area contributed by atoms with Crippen molar-refractivity contribution >= 4 is 32.9 Å². The predicted octanol–water partition coefficient (Wildman–Crippen LogP) is 2.47. The van der Waals surface area contributed by atoms with Crippen molar-refractivity contribution in [3.63, 3.8) is 0 Å². The van der Waals surface area contributed by atoms with Crippen LogP contribution in [0.15, 0.2) is 21.0 Å². The van der Waals surface area contributed by atoms with Crippen LogP contribution >= 0.6 is 15.9 Å². The van der Waals surface area contributed by atoms with Crippen LogP contribution in [0.1, 0.15) is 11.3 Å². The number of fused-ring (bicyclic) bond motifs is 1. The third-order valence-corrected chi connectivity index (χ3v) is 3.82. The molecule has 0 aliphatic rings. The summed E-state index contributed by atoms with van der Waals surface area (Å²) in [6.45, 7) is 1.84. The molecule has 0 spiro atoms. The number of aryl methyl sites for hydroxylation is 1. The normalized spacial score (nSPS) is 12.6. The number of hydrogen-bond acceptors (Lipinski definition) is 4. The smallest absolute Gasteiger partial charge is 0.320 e. The third kappa shape index (κ3) is 2.59. The van der Waals surface area contributed by atoms with Crippen molar-refractivity contribution in [2.45, 2.75) is 19.4 Å². The van der Waals surface area contributed by atoms with E-state index in [2.05, 4.69) is 15.9 Å². The molecule has 0 fully saturated rings. The van der Waals surface area contributed by atoms with Gasteiger partial charge in [0.1, 0.15) is 11.8 Å². The van der Waals surface area contributed by atoms with Crippen LogP contribution in [0, 0.1) is 6.92 Å². The molecule has 0 bridgehead atoms. The van der Waals surface area contributed by atoms with Crippen LogP contribution in [0.25, 0.3) is 11.0 Å². The van der Waals surface area contributed by atoms with E-state index in [1.165, 1.54) is 0 Å². The Bertz CT molecular complexity index is 635. The maximum Gasteiger partial charge on any atom is 0.320 e. The van der Waals surface area contributed by atoms with E-state index >= 15 is 0 Å². The number of benzene rings is 1. The standard InChI is InChI=1S/C13H14BrNO4/c1-6-3-8-11(14)7(4-9(15)13(16)17)5-10(18-2)12(8)19-6/h3,5,9H,4,15H2,1-2H3,(H,16,17). The number of carboxylic acids is 1. The van der Waals surface area contributed by atoms with E-state index in [9.17, 15) is 4.79 Å². The molecule has 0 aliphatic carbocycles. The summed E-state index contributed by atoms with van der Waals surface area (Å²) in [6, 6.07) is 2.67. The third-order valence-electron chi connectivity index (χ3n) is 2.88. The number of aliphatic carboxylic acids is 1. The van der Waals surface area contributed by atoms with Gasteiger partial charge in [-0.1, -0.05) is 0 Å². The van der Waals surface area contributed by atoms with Gasteiger partial charge in [0.25, 0.3) is 0 Å². The number of methoxy groups -OCH3 is 1. The summed E-state index contributed by atoms with van der Waals surface area (Å²) in [5.41, 5.74) is 6.99. The molecule has 1 aromatic heterocycles. The molecule has 1 heterocycles. The Morgan fingerprint density at radius 2 is 2.26 bits per heavy atom. The Morgan fingerprint density at radius 1 is 1.58 bits per heavy atom. The number of nitrogens with two attached hydrogens (primary N) is 1. The summed E-state index contributed by atoms with van der Waals surface area (Å²) in [5, 5.41) is 9.74. The van der Waals surface area contributed by atoms with Gasteiger partial charge >= 0.3 is 5.97 Å². The Hall–Kier alpha value is -1.53. The minimum Gasteiger partial charge on any atom is -0.493 e. The summed E-state index contributed by atoms with van der Waals surface area (Å²) in [4.78, 5) is 10.8. The van der Waals surface area contributed by atoms with Gasteiger partial charge in [-0.15, -0.1) is 0 Å². The molecule has 0 amide bonds. The van der Waals surface area contributed by atoms with E-state index < -0.39 is 12.0 Å². The highest BCUT2D eigenvalue weighted by atomic mass is 79.9. The van der Waals surface area contributed by atoms with Gasteiger partial charge in [-0.2, -0.15) is 0 Å². The van der Waals surface area contributed by atoms with Gasteiger partial charge in [-0.05, 0) is 47.0 Å². The van der Waals surface area contributed by atoms with Gasteiger partial charge in [0.2, 0.25) is 0 Å². The van der Waals surface area contributed by atoms with Crippen molar-refractivity contribution < 1.29 is 19.1 Å². The second kappa shape index (κ2) is 5.22. The van der Waals surface area contributed by atoms with E-state index in [4.69, 9.17) is 20.0 Å². The van der Waals surface area contributed by atoms with Crippen LogP contribution in [0.4, 0.5) is 0 Å². The lowest BCUT2D eigenvalue weighted by Crippen LogP contribution is -2.32. The van der Waals surface area contributed by atoms with E-state index in [0.29, 0.717) is 11.3 Å². The van der Waals surface area contributed by atoms with E-state index in [-0.39, 0.29) is 6.42 Å². The summed E-state index contributed by atoms with van der Waals surface area (Å²) >= 11 is 3.47. The van der Waals surface area contributed by atoms with E-state index in [1.807, 2.05) is 13.0 Å². The number of halogens is 1. The van der Waals surface area contributed by atoms with Crippen LogP contribution in [0.2, 0.25) is 0 Å². The van der Waals surface area contributed by atoms with Crippen molar-refractivity contribution in [1.82, 2.24) is 0 Å². The average Bonchev–Trinajstić information content (AvgIpc) is 2.74. The molecule has 0 saturated carbocycles. The number of hydrogen-bond donors (Lipinski definition) is 2. The predicted molar refractivity (Wildman–Crippen MR) is 74.5 cm³/mol. The molecule has 0 saturated heterocycles. The molecule has 6 heteroatoms. The fourth-order valence-corrected chi connectivity index (χ4v) is 2.52. The van der Waals surface area contributed by atoms with Crippen molar-refractivity contribution in [2.75, 3.05) is 7.11 Å². The summed E-state index contributed by atoms with van der Waals surface area (Å²) in [6.07, 6.45) is 0.215. The number of furan rings is 1. The topological polar surface area (TPSA) is 85.7 Å². The largest absolute Gasteiger partial charge is 0.493 e. The zero-order chi connectivity index (χ0) is 14.2. The molecule has 5 nitrogen and oxygen atoms in total. The minimum atomic E-state index is -1.03. The van der Waals surface area contributed by atoms with Crippen molar-refractivity contribution in [2.24, 2.45) is 5.73 Å². The van der Waals surface area contributed by atoms with Crippen LogP contribution in [-0.4, -0.2) is 24.2 Å². The van der Waals surface area contributed by atoms with E-state index in [1.54, 1.807) is 13.2 Å². The maximum atomic E-state index is 10.8. The average molecular weight is 328 g/mol. The molecule has 102 valence electrons. The van der Waals surface area contributed by atoms with Crippen LogP contribution in [0.3, 0.4) is 0 Å². The summed E-state index contributed by atoms with van der Waals surface area (Å²) in [7, 11) is 1.54. The Labute approximate surface area is 118 Å². The molecule has 19 heavy (non-hydrogen) atoms. The Balaban J connectivity index is 2.55. The highest BCUT2D eigenvalue weighted by Gasteiger charge is 2.19. The molecule has 3 N–H and O–H groups in total. The molecule has 1 unspecified atom stereocenters. The first-order valence-corrected chi connectivity index (χ1v) is 6.47. The van der Waals surface area contributed by atoms with Gasteiger partial charge in [-0.25, -0.2) is 0 Å². The minimum absolute atomic E-state index is 0.215. The first-order valence-electron chi connectivity index (χ1n) is 5.68. The number of rotatable bonds is 4. The zero-order valence-corrected chi connectivity index (χ0v) is 12.2. The fraction of sp³-hybridized carbons (Fsp3) is 0.308. The Morgan fingerprint density at radius 3 is 2.84 bits per heavy atom. The van der Waals surface area contributed by atoms with Crippen molar-refractivity contribution in [3.8, 4) is 5.75 Å². The SMILES string of the molecule is COc1cc(CC(N)C(=O)O)c(Br)c2cc(C)oc12. The molecule has 2 rings (SSSR count). The second-order valence-electron chi connectivity index (χ2n) is 4.30. The molecule has 1 atom stereocenters.